The maximum Gasteiger partial charge on any atom is 0.251 e. The molecule has 6 nitrogen and oxygen atoms in total. The molecule has 25 heavy (non-hydrogen) atoms. The molecule has 1 amide bonds. The fraction of sp³-hybridized carbons (Fsp3) is 0.211. The van der Waals surface area contributed by atoms with Gasteiger partial charge in [0.2, 0.25) is 0 Å². The molecule has 2 aromatic carbocycles. The summed E-state index contributed by atoms with van der Waals surface area (Å²) in [5, 5.41) is 11.4. The van der Waals surface area contributed by atoms with E-state index in [0.29, 0.717) is 12.1 Å². The number of nitrogens with one attached hydrogen (secondary N) is 1. The van der Waals surface area contributed by atoms with Crippen molar-refractivity contribution in [2.24, 2.45) is 0 Å². The van der Waals surface area contributed by atoms with Crippen LogP contribution in [0.25, 0.3) is 0 Å². The van der Waals surface area contributed by atoms with E-state index in [1.54, 1.807) is 17.2 Å². The molecule has 1 heterocycles. The molecule has 1 N–H and O–H groups in total. The van der Waals surface area contributed by atoms with Crippen molar-refractivity contribution in [1.82, 2.24) is 20.3 Å². The summed E-state index contributed by atoms with van der Waals surface area (Å²) in [5.74, 6) is -0.121. The SMILES string of the molecule is CN(C)c1cccc(C(=O)N[C@@H](Cn2nccn2)c2ccccc2)c1. The molecule has 0 bridgehead atoms. The number of carbonyl (C=O) groups excluding carboxylic acids is 1. The number of amides is 1. The van der Waals surface area contributed by atoms with E-state index in [2.05, 4.69) is 15.5 Å². The first-order valence-electron chi connectivity index (χ1n) is 8.11. The fourth-order valence-electron chi connectivity index (χ4n) is 2.59. The lowest BCUT2D eigenvalue weighted by molar-refractivity contribution is 0.0931. The van der Waals surface area contributed by atoms with Crippen molar-refractivity contribution >= 4 is 11.6 Å². The van der Waals surface area contributed by atoms with Crippen molar-refractivity contribution < 1.29 is 4.79 Å². The van der Waals surface area contributed by atoms with Crippen LogP contribution < -0.4 is 10.2 Å². The zero-order valence-corrected chi connectivity index (χ0v) is 14.3. The van der Waals surface area contributed by atoms with Crippen molar-refractivity contribution in [2.45, 2.75) is 12.6 Å². The van der Waals surface area contributed by atoms with Gasteiger partial charge in [-0.15, -0.1) is 0 Å². The predicted molar refractivity (Wildman–Crippen MR) is 97.4 cm³/mol. The highest BCUT2D eigenvalue weighted by Gasteiger charge is 2.17. The number of aromatic nitrogens is 3. The highest BCUT2D eigenvalue weighted by atomic mass is 16.1. The van der Waals surface area contributed by atoms with Crippen LogP contribution >= 0.6 is 0 Å². The lowest BCUT2D eigenvalue weighted by Gasteiger charge is -2.19. The van der Waals surface area contributed by atoms with Crippen LogP contribution in [0.4, 0.5) is 5.69 Å². The number of rotatable bonds is 6. The molecule has 0 aliphatic heterocycles. The Labute approximate surface area is 147 Å². The molecule has 0 spiro atoms. The summed E-state index contributed by atoms with van der Waals surface area (Å²) in [6, 6.07) is 17.2. The topological polar surface area (TPSA) is 63.1 Å². The molecule has 0 saturated heterocycles. The number of carbonyl (C=O) groups is 1. The van der Waals surface area contributed by atoms with Gasteiger partial charge < -0.3 is 10.2 Å². The lowest BCUT2D eigenvalue weighted by Crippen LogP contribution is -2.32. The monoisotopic (exact) mass is 335 g/mol. The van der Waals surface area contributed by atoms with Crippen molar-refractivity contribution in [2.75, 3.05) is 19.0 Å². The quantitative estimate of drug-likeness (QED) is 0.752. The average Bonchev–Trinajstić information content (AvgIpc) is 3.15. The summed E-state index contributed by atoms with van der Waals surface area (Å²) in [4.78, 5) is 16.3. The van der Waals surface area contributed by atoms with Crippen LogP contribution in [0.2, 0.25) is 0 Å². The van der Waals surface area contributed by atoms with E-state index in [1.807, 2.05) is 73.6 Å². The van der Waals surface area contributed by atoms with Crippen molar-refractivity contribution in [3.8, 4) is 0 Å². The van der Waals surface area contributed by atoms with E-state index >= 15 is 0 Å². The Balaban J connectivity index is 1.82. The smallest absolute Gasteiger partial charge is 0.251 e. The van der Waals surface area contributed by atoms with Gasteiger partial charge in [-0.1, -0.05) is 36.4 Å². The molecule has 6 heteroatoms. The van der Waals surface area contributed by atoms with Crippen LogP contribution in [0.3, 0.4) is 0 Å². The normalized spacial score (nSPS) is 11.8. The van der Waals surface area contributed by atoms with Crippen LogP contribution in [0.1, 0.15) is 22.0 Å². The van der Waals surface area contributed by atoms with Gasteiger partial charge in [0, 0.05) is 25.3 Å². The van der Waals surface area contributed by atoms with Crippen molar-refractivity contribution in [3.63, 3.8) is 0 Å². The first-order valence-corrected chi connectivity index (χ1v) is 8.11. The predicted octanol–water partition coefficient (Wildman–Crippen LogP) is 2.52. The molecule has 0 aliphatic rings. The Kier molecular flexibility index (Phi) is 5.09. The van der Waals surface area contributed by atoms with Gasteiger partial charge in [0.25, 0.3) is 5.91 Å². The summed E-state index contributed by atoms with van der Waals surface area (Å²) < 4.78 is 0. The molecule has 0 unspecified atom stereocenters. The average molecular weight is 335 g/mol. The zero-order valence-electron chi connectivity index (χ0n) is 14.3. The first kappa shape index (κ1) is 16.7. The van der Waals surface area contributed by atoms with Crippen LogP contribution in [0.5, 0.6) is 0 Å². The maximum atomic E-state index is 12.8. The highest BCUT2D eigenvalue weighted by molar-refractivity contribution is 5.95. The molecular weight excluding hydrogens is 314 g/mol. The molecule has 1 aromatic heterocycles. The molecule has 128 valence electrons. The third-order valence-corrected chi connectivity index (χ3v) is 3.94. The van der Waals surface area contributed by atoms with Gasteiger partial charge in [0.05, 0.1) is 25.0 Å². The Bertz CT molecular complexity index is 815. The largest absolute Gasteiger partial charge is 0.378 e. The number of benzene rings is 2. The van der Waals surface area contributed by atoms with Crippen LogP contribution in [-0.2, 0) is 6.54 Å². The van der Waals surface area contributed by atoms with Crippen LogP contribution in [-0.4, -0.2) is 35.0 Å². The van der Waals surface area contributed by atoms with Gasteiger partial charge in [-0.3, -0.25) is 4.79 Å². The zero-order chi connectivity index (χ0) is 17.6. The number of hydrogen-bond donors (Lipinski definition) is 1. The summed E-state index contributed by atoms with van der Waals surface area (Å²) >= 11 is 0. The molecule has 3 aromatic rings. The molecule has 3 rings (SSSR count). The van der Waals surface area contributed by atoms with E-state index in [9.17, 15) is 4.79 Å². The molecule has 1 atom stereocenters. The second-order valence-electron chi connectivity index (χ2n) is 5.97. The van der Waals surface area contributed by atoms with Gasteiger partial charge >= 0.3 is 0 Å². The summed E-state index contributed by atoms with van der Waals surface area (Å²) in [7, 11) is 3.90. The van der Waals surface area contributed by atoms with Crippen LogP contribution in [0, 0.1) is 0 Å². The standard InChI is InChI=1S/C19H21N5O/c1-23(2)17-10-6-9-16(13-17)19(25)22-18(14-24-20-11-12-21-24)15-7-4-3-5-8-15/h3-13,18H,14H2,1-2H3,(H,22,25)/t18-/m0/s1. The Morgan fingerprint density at radius 1 is 1.08 bits per heavy atom. The van der Waals surface area contributed by atoms with E-state index in [1.165, 1.54) is 0 Å². The van der Waals surface area contributed by atoms with Crippen LogP contribution in [0.15, 0.2) is 67.0 Å². The third-order valence-electron chi connectivity index (χ3n) is 3.94. The first-order chi connectivity index (χ1) is 12.1. The van der Waals surface area contributed by atoms with Crippen molar-refractivity contribution in [3.05, 3.63) is 78.1 Å². The molecular formula is C19H21N5O. The lowest BCUT2D eigenvalue weighted by atomic mass is 10.1. The number of nitrogens with zero attached hydrogens (tertiary/aromatic N) is 4. The minimum absolute atomic E-state index is 0.121. The second kappa shape index (κ2) is 7.61. The summed E-state index contributed by atoms with van der Waals surface area (Å²) in [5.41, 5.74) is 2.62. The van der Waals surface area contributed by atoms with Gasteiger partial charge in [-0.05, 0) is 23.8 Å². The van der Waals surface area contributed by atoms with Gasteiger partial charge in [-0.25, -0.2) is 0 Å². The molecule has 0 fully saturated rings. The van der Waals surface area contributed by atoms with E-state index in [0.717, 1.165) is 11.3 Å². The van der Waals surface area contributed by atoms with Crippen molar-refractivity contribution in [1.29, 1.82) is 0 Å². The molecule has 0 radical (unpaired) electrons. The number of anilines is 1. The van der Waals surface area contributed by atoms with Gasteiger partial charge in [-0.2, -0.15) is 15.0 Å². The van der Waals surface area contributed by atoms with E-state index in [4.69, 9.17) is 0 Å². The van der Waals surface area contributed by atoms with E-state index < -0.39 is 0 Å². The van der Waals surface area contributed by atoms with E-state index in [-0.39, 0.29) is 11.9 Å². The third kappa shape index (κ3) is 4.23. The highest BCUT2D eigenvalue weighted by Crippen LogP contribution is 2.17. The Morgan fingerprint density at radius 2 is 1.80 bits per heavy atom. The Morgan fingerprint density at radius 3 is 2.48 bits per heavy atom. The number of hydrogen-bond acceptors (Lipinski definition) is 4. The maximum absolute atomic E-state index is 12.8. The second-order valence-corrected chi connectivity index (χ2v) is 5.97. The molecule has 0 aliphatic carbocycles. The fourth-order valence-corrected chi connectivity index (χ4v) is 2.59. The summed E-state index contributed by atoms with van der Waals surface area (Å²) in [6.07, 6.45) is 3.26. The minimum Gasteiger partial charge on any atom is -0.378 e. The Hall–Kier alpha value is -3.15. The van der Waals surface area contributed by atoms with Gasteiger partial charge in [0.15, 0.2) is 0 Å². The van der Waals surface area contributed by atoms with Gasteiger partial charge in [0.1, 0.15) is 0 Å². The summed E-state index contributed by atoms with van der Waals surface area (Å²) in [6.45, 7) is 0.468. The molecule has 0 saturated carbocycles. The minimum atomic E-state index is -0.218.